The summed E-state index contributed by atoms with van der Waals surface area (Å²) in [6.07, 6.45) is -3.92. The fraction of sp³-hybridized carbons (Fsp3) is 0.278. The first-order valence-corrected chi connectivity index (χ1v) is 8.62. The number of nitrogens with zero attached hydrogens (tertiary/aromatic N) is 1. The van der Waals surface area contributed by atoms with Gasteiger partial charge in [0, 0.05) is 17.8 Å². The largest absolute Gasteiger partial charge is 0.487 e. The van der Waals surface area contributed by atoms with E-state index in [-0.39, 0.29) is 16.5 Å². The van der Waals surface area contributed by atoms with Gasteiger partial charge < -0.3 is 15.4 Å². The molecule has 2 aromatic rings. The highest BCUT2D eigenvalue weighted by atomic mass is 32.1. The molecule has 0 saturated heterocycles. The van der Waals surface area contributed by atoms with Gasteiger partial charge >= 0.3 is 12.3 Å². The maximum Gasteiger partial charge on any atom is 0.340 e. The van der Waals surface area contributed by atoms with Crippen molar-refractivity contribution in [2.24, 2.45) is 0 Å². The van der Waals surface area contributed by atoms with Crippen LogP contribution in [0.3, 0.4) is 0 Å². The van der Waals surface area contributed by atoms with E-state index in [1.807, 2.05) is 32.0 Å². The average molecular weight is 431 g/mol. The van der Waals surface area contributed by atoms with Gasteiger partial charge in [-0.1, -0.05) is 12.1 Å². The summed E-state index contributed by atoms with van der Waals surface area (Å²) in [5, 5.41) is 16.8. The van der Waals surface area contributed by atoms with Crippen LogP contribution in [0.15, 0.2) is 36.4 Å². The van der Waals surface area contributed by atoms with Gasteiger partial charge in [-0.2, -0.15) is 8.78 Å². The Bertz CT molecular complexity index is 925. The molecule has 0 radical (unpaired) electrons. The molecule has 2 aromatic carbocycles. The van der Waals surface area contributed by atoms with E-state index in [0.29, 0.717) is 5.69 Å². The third-order valence-corrected chi connectivity index (χ3v) is 3.96. The van der Waals surface area contributed by atoms with Crippen molar-refractivity contribution < 1.29 is 27.2 Å². The van der Waals surface area contributed by atoms with Gasteiger partial charge in [-0.3, -0.25) is 10.1 Å². The van der Waals surface area contributed by atoms with Gasteiger partial charge in [0.2, 0.25) is 0 Å². The van der Waals surface area contributed by atoms with Crippen molar-refractivity contribution in [3.05, 3.63) is 57.6 Å². The van der Waals surface area contributed by atoms with Crippen LogP contribution < -0.4 is 15.4 Å². The molecule has 6 nitrogen and oxygen atoms in total. The lowest BCUT2D eigenvalue weighted by Crippen LogP contribution is -2.33. The molecule has 0 spiro atoms. The molecule has 0 unspecified atom stereocenters. The second-order valence-electron chi connectivity index (χ2n) is 6.22. The molecule has 2 rings (SSSR count). The Hall–Kier alpha value is -2.95. The van der Waals surface area contributed by atoms with Crippen LogP contribution >= 0.6 is 12.2 Å². The molecular weight excluding hydrogens is 414 g/mol. The summed E-state index contributed by atoms with van der Waals surface area (Å²) >= 11 is 5.18. The highest BCUT2D eigenvalue weighted by Crippen LogP contribution is 2.29. The zero-order valence-electron chi connectivity index (χ0n) is 15.3. The minimum absolute atomic E-state index is 0.0670. The Morgan fingerprint density at radius 3 is 2.52 bits per heavy atom. The molecule has 0 aliphatic heterocycles. The summed E-state index contributed by atoms with van der Waals surface area (Å²) in [6.45, 7) is 2.11. The van der Waals surface area contributed by atoms with Crippen LogP contribution in [-0.4, -0.2) is 29.0 Å². The number of alkyl halides is 4. The fourth-order valence-corrected chi connectivity index (χ4v) is 2.47. The first-order valence-electron chi connectivity index (χ1n) is 8.21. The highest BCUT2D eigenvalue weighted by molar-refractivity contribution is 7.80. The molecule has 2 N–H and O–H groups in total. The number of anilines is 2. The van der Waals surface area contributed by atoms with Gasteiger partial charge in [0.1, 0.15) is 5.75 Å². The van der Waals surface area contributed by atoms with Crippen LogP contribution in [-0.2, 0) is 0 Å². The second kappa shape index (κ2) is 9.03. The van der Waals surface area contributed by atoms with Crippen LogP contribution in [0, 0.1) is 24.0 Å². The summed E-state index contributed by atoms with van der Waals surface area (Å²) in [4.78, 5) is 10.3. The van der Waals surface area contributed by atoms with Crippen LogP contribution in [0.4, 0.5) is 34.6 Å². The topological polar surface area (TPSA) is 76.4 Å². The molecule has 0 aliphatic rings. The molecular formula is C18H17F4N3O3S. The second-order valence-corrected chi connectivity index (χ2v) is 6.63. The third kappa shape index (κ3) is 6.28. The SMILES string of the molecule is Cc1ccc(C)c(NC(=S)Nc2cc(OCC(F)(F)C(F)F)cc([N+](=O)[O-])c2)c1. The summed E-state index contributed by atoms with van der Waals surface area (Å²) in [5.74, 6) is -4.77. The lowest BCUT2D eigenvalue weighted by Gasteiger charge is -2.17. The first-order chi connectivity index (χ1) is 13.5. The maximum absolute atomic E-state index is 13.1. The monoisotopic (exact) mass is 431 g/mol. The number of nitro groups is 1. The van der Waals surface area contributed by atoms with Crippen molar-refractivity contribution in [3.63, 3.8) is 0 Å². The van der Waals surface area contributed by atoms with Crippen molar-refractivity contribution >= 4 is 34.4 Å². The summed E-state index contributed by atoms with van der Waals surface area (Å²) in [6, 6.07) is 8.74. The molecule has 0 fully saturated rings. The molecule has 0 heterocycles. The van der Waals surface area contributed by atoms with Gasteiger partial charge in [-0.15, -0.1) is 0 Å². The minimum atomic E-state index is -4.39. The van der Waals surface area contributed by atoms with Gasteiger partial charge in [-0.25, -0.2) is 8.78 Å². The number of thiocarbonyl (C=S) groups is 1. The van der Waals surface area contributed by atoms with Crippen molar-refractivity contribution in [2.75, 3.05) is 17.2 Å². The lowest BCUT2D eigenvalue weighted by atomic mass is 10.1. The van der Waals surface area contributed by atoms with Crippen molar-refractivity contribution in [1.82, 2.24) is 0 Å². The van der Waals surface area contributed by atoms with Gasteiger partial charge in [0.15, 0.2) is 11.7 Å². The van der Waals surface area contributed by atoms with Crippen molar-refractivity contribution in [2.45, 2.75) is 26.2 Å². The minimum Gasteiger partial charge on any atom is -0.487 e. The molecule has 0 aliphatic carbocycles. The number of halogens is 4. The Morgan fingerprint density at radius 2 is 1.90 bits per heavy atom. The molecule has 29 heavy (non-hydrogen) atoms. The van der Waals surface area contributed by atoms with E-state index in [4.69, 9.17) is 12.2 Å². The van der Waals surface area contributed by atoms with E-state index >= 15 is 0 Å². The van der Waals surface area contributed by atoms with Gasteiger partial charge in [0.25, 0.3) is 5.69 Å². The number of aryl methyl sites for hydroxylation is 2. The fourth-order valence-electron chi connectivity index (χ4n) is 2.24. The zero-order valence-corrected chi connectivity index (χ0v) is 16.2. The predicted octanol–water partition coefficient (Wildman–Crippen LogP) is 5.30. The van der Waals surface area contributed by atoms with Crippen LogP contribution in [0.5, 0.6) is 5.75 Å². The Kier molecular flexibility index (Phi) is 6.96. The summed E-state index contributed by atoms with van der Waals surface area (Å²) < 4.78 is 55.3. The Labute approximate surface area is 169 Å². The number of non-ortho nitro benzene ring substituents is 1. The van der Waals surface area contributed by atoms with Crippen LogP contribution in [0.1, 0.15) is 11.1 Å². The number of hydrogen-bond acceptors (Lipinski definition) is 4. The van der Waals surface area contributed by atoms with E-state index < -0.39 is 29.6 Å². The van der Waals surface area contributed by atoms with Crippen molar-refractivity contribution in [1.29, 1.82) is 0 Å². The molecule has 0 atom stereocenters. The average Bonchev–Trinajstić information content (AvgIpc) is 2.62. The van der Waals surface area contributed by atoms with E-state index in [1.165, 1.54) is 0 Å². The Morgan fingerprint density at radius 1 is 1.21 bits per heavy atom. The number of nitro benzene ring substituents is 1. The molecule has 0 bridgehead atoms. The smallest absolute Gasteiger partial charge is 0.340 e. The normalized spacial score (nSPS) is 11.3. The summed E-state index contributed by atoms with van der Waals surface area (Å²) in [7, 11) is 0. The lowest BCUT2D eigenvalue weighted by molar-refractivity contribution is -0.384. The van der Waals surface area contributed by atoms with E-state index in [9.17, 15) is 27.7 Å². The molecule has 11 heteroatoms. The molecule has 0 amide bonds. The standard InChI is InChI=1S/C18H17F4N3O3S/c1-10-3-4-11(2)15(5-10)24-17(29)23-12-6-13(25(26)27)8-14(7-12)28-9-18(21,22)16(19)20/h3-8,16H,9H2,1-2H3,(H2,23,24,29). The number of ether oxygens (including phenoxy) is 1. The van der Waals surface area contributed by atoms with E-state index in [2.05, 4.69) is 15.4 Å². The summed E-state index contributed by atoms with van der Waals surface area (Å²) in [5.41, 5.74) is 2.17. The van der Waals surface area contributed by atoms with Crippen LogP contribution in [0.25, 0.3) is 0 Å². The Balaban J connectivity index is 2.18. The quantitative estimate of drug-likeness (QED) is 0.268. The zero-order chi connectivity index (χ0) is 21.8. The maximum atomic E-state index is 13.1. The van der Waals surface area contributed by atoms with Crippen molar-refractivity contribution in [3.8, 4) is 5.75 Å². The molecule has 156 valence electrons. The number of nitrogens with one attached hydrogen (secondary N) is 2. The number of hydrogen-bond donors (Lipinski definition) is 2. The molecule has 0 saturated carbocycles. The van der Waals surface area contributed by atoms with E-state index in [0.717, 1.165) is 29.3 Å². The van der Waals surface area contributed by atoms with E-state index in [1.54, 1.807) is 0 Å². The highest BCUT2D eigenvalue weighted by Gasteiger charge is 2.41. The first kappa shape index (κ1) is 22.3. The number of benzene rings is 2. The van der Waals surface area contributed by atoms with Crippen LogP contribution in [0.2, 0.25) is 0 Å². The van der Waals surface area contributed by atoms with Gasteiger partial charge in [0.05, 0.1) is 16.7 Å². The third-order valence-electron chi connectivity index (χ3n) is 3.75. The number of rotatable bonds is 7. The predicted molar refractivity (Wildman–Crippen MR) is 105 cm³/mol. The molecule has 0 aromatic heterocycles. The van der Waals surface area contributed by atoms with Gasteiger partial charge in [-0.05, 0) is 43.3 Å².